The second-order valence-electron chi connectivity index (χ2n) is 3.78. The highest BCUT2D eigenvalue weighted by atomic mass is 19.1. The van der Waals surface area contributed by atoms with E-state index in [2.05, 4.69) is 20.1 Å². The number of nitrogens with zero attached hydrogens (tertiary/aromatic N) is 3. The summed E-state index contributed by atoms with van der Waals surface area (Å²) < 4.78 is 12.7. The Hall–Kier alpha value is -2.81. The maximum absolute atomic E-state index is 12.7. The Bertz CT molecular complexity index is 661. The normalized spacial score (nSPS) is 9.74. The molecule has 0 aliphatic carbocycles. The van der Waals surface area contributed by atoms with E-state index in [9.17, 15) is 9.18 Å². The minimum absolute atomic E-state index is 0.122. The van der Waals surface area contributed by atoms with Crippen LogP contribution < -0.4 is 5.32 Å². The molecule has 0 aromatic carbocycles. The summed E-state index contributed by atoms with van der Waals surface area (Å²) in [6, 6.07) is 5.51. The second-order valence-corrected chi connectivity index (χ2v) is 3.78. The summed E-state index contributed by atoms with van der Waals surface area (Å²) >= 11 is 0. The van der Waals surface area contributed by atoms with Crippen molar-refractivity contribution in [2.75, 3.05) is 5.32 Å². The lowest BCUT2D eigenvalue weighted by atomic mass is 10.2. The number of pyridine rings is 2. The number of aromatic nitrogens is 2. The second kappa shape index (κ2) is 5.23. The average molecular weight is 256 g/mol. The molecule has 0 radical (unpaired) electrons. The summed E-state index contributed by atoms with van der Waals surface area (Å²) in [5.74, 6) is -0.756. The van der Waals surface area contributed by atoms with Crippen molar-refractivity contribution >= 4 is 17.4 Å². The zero-order valence-corrected chi connectivity index (χ0v) is 10.0. The molecule has 0 saturated heterocycles. The number of aryl methyl sites for hydroxylation is 1. The van der Waals surface area contributed by atoms with Crippen LogP contribution in [0.3, 0.4) is 0 Å². The van der Waals surface area contributed by atoms with E-state index >= 15 is 0 Å². The van der Waals surface area contributed by atoms with E-state index in [-0.39, 0.29) is 11.5 Å². The minimum Gasteiger partial charge on any atom is -0.305 e. The van der Waals surface area contributed by atoms with Crippen LogP contribution in [0.5, 0.6) is 0 Å². The summed E-state index contributed by atoms with van der Waals surface area (Å²) in [4.78, 5) is 22.9. The predicted molar refractivity (Wildman–Crippen MR) is 67.4 cm³/mol. The van der Waals surface area contributed by atoms with Gasteiger partial charge in [0.1, 0.15) is 17.3 Å². The van der Waals surface area contributed by atoms with Crippen molar-refractivity contribution in [3.8, 4) is 0 Å². The van der Waals surface area contributed by atoms with E-state index in [1.807, 2.05) is 0 Å². The molecule has 0 bridgehead atoms. The molecule has 94 valence electrons. The van der Waals surface area contributed by atoms with Crippen LogP contribution in [0.15, 0.2) is 30.5 Å². The van der Waals surface area contributed by atoms with E-state index in [4.69, 9.17) is 6.57 Å². The molecule has 1 N–H and O–H groups in total. The SMILES string of the molecule is [C-]#[N+]c1cc(C)nc(C(=O)Nc2ccc(F)cn2)c1. The van der Waals surface area contributed by atoms with Gasteiger partial charge in [0.2, 0.25) is 0 Å². The number of halogens is 1. The van der Waals surface area contributed by atoms with E-state index < -0.39 is 11.7 Å². The van der Waals surface area contributed by atoms with Crippen LogP contribution in [-0.4, -0.2) is 15.9 Å². The lowest BCUT2D eigenvalue weighted by Crippen LogP contribution is -2.14. The standard InChI is InChI=1S/C13H9FN4O/c1-8-5-10(15-2)6-11(17-8)13(19)18-12-4-3-9(14)7-16-12/h3-7H,1H3,(H,16,18,19). The third-order valence-corrected chi connectivity index (χ3v) is 2.27. The molecule has 0 unspecified atom stereocenters. The van der Waals surface area contributed by atoms with Crippen molar-refractivity contribution < 1.29 is 9.18 Å². The van der Waals surface area contributed by atoms with Gasteiger partial charge >= 0.3 is 0 Å². The molecule has 5 nitrogen and oxygen atoms in total. The third kappa shape index (κ3) is 3.10. The molecule has 0 atom stereocenters. The van der Waals surface area contributed by atoms with Crippen molar-refractivity contribution in [3.63, 3.8) is 0 Å². The number of carbonyl (C=O) groups excluding carboxylic acids is 1. The van der Waals surface area contributed by atoms with Gasteiger partial charge in [-0.1, -0.05) is 0 Å². The number of anilines is 1. The molecule has 0 aliphatic heterocycles. The number of hydrogen-bond donors (Lipinski definition) is 1. The Kier molecular flexibility index (Phi) is 3.48. The van der Waals surface area contributed by atoms with Crippen molar-refractivity contribution in [3.05, 3.63) is 59.1 Å². The van der Waals surface area contributed by atoms with E-state index in [0.717, 1.165) is 6.20 Å². The van der Waals surface area contributed by atoms with Crippen LogP contribution >= 0.6 is 0 Å². The molecule has 2 rings (SSSR count). The molecule has 6 heteroatoms. The quantitative estimate of drug-likeness (QED) is 0.840. The van der Waals surface area contributed by atoms with Crippen LogP contribution in [0.2, 0.25) is 0 Å². The monoisotopic (exact) mass is 256 g/mol. The Labute approximate surface area is 109 Å². The average Bonchev–Trinajstić information content (AvgIpc) is 2.40. The Morgan fingerprint density at radius 2 is 2.21 bits per heavy atom. The summed E-state index contributed by atoms with van der Waals surface area (Å²) in [6.07, 6.45) is 1.00. The van der Waals surface area contributed by atoms with Crippen LogP contribution in [-0.2, 0) is 0 Å². The Morgan fingerprint density at radius 3 is 2.84 bits per heavy atom. The largest absolute Gasteiger partial charge is 0.305 e. The molecule has 1 amide bonds. The molecule has 2 aromatic rings. The van der Waals surface area contributed by atoms with Gasteiger partial charge in [-0.2, -0.15) is 0 Å². The topological polar surface area (TPSA) is 59.2 Å². The van der Waals surface area contributed by atoms with Gasteiger partial charge in [0.15, 0.2) is 5.69 Å². The highest BCUT2D eigenvalue weighted by Gasteiger charge is 2.10. The van der Waals surface area contributed by atoms with Crippen LogP contribution in [0.4, 0.5) is 15.9 Å². The summed E-state index contributed by atoms with van der Waals surface area (Å²) in [5.41, 5.74) is 1.03. The number of nitrogens with one attached hydrogen (secondary N) is 1. The highest BCUT2D eigenvalue weighted by molar-refractivity contribution is 6.02. The molecule has 0 aliphatic rings. The van der Waals surface area contributed by atoms with Gasteiger partial charge in [-0.3, -0.25) is 9.78 Å². The fraction of sp³-hybridized carbons (Fsp3) is 0.0769. The van der Waals surface area contributed by atoms with Crippen LogP contribution in [0.25, 0.3) is 4.85 Å². The van der Waals surface area contributed by atoms with Crippen molar-refractivity contribution in [1.82, 2.24) is 9.97 Å². The first-order valence-electron chi connectivity index (χ1n) is 5.37. The first-order chi connectivity index (χ1) is 9.08. The fourth-order valence-corrected chi connectivity index (χ4v) is 1.46. The highest BCUT2D eigenvalue weighted by Crippen LogP contribution is 2.15. The molecule has 2 heterocycles. The number of amides is 1. The van der Waals surface area contributed by atoms with Gasteiger partial charge in [0.05, 0.1) is 12.8 Å². The molecule has 0 saturated carbocycles. The maximum Gasteiger partial charge on any atom is 0.274 e. The lowest BCUT2D eigenvalue weighted by Gasteiger charge is -2.05. The van der Waals surface area contributed by atoms with Crippen molar-refractivity contribution in [1.29, 1.82) is 0 Å². The van der Waals surface area contributed by atoms with Gasteiger partial charge in [-0.05, 0) is 31.2 Å². The van der Waals surface area contributed by atoms with Crippen molar-refractivity contribution in [2.45, 2.75) is 6.92 Å². The summed E-state index contributed by atoms with van der Waals surface area (Å²) in [7, 11) is 0. The number of rotatable bonds is 2. The Morgan fingerprint density at radius 1 is 1.42 bits per heavy atom. The van der Waals surface area contributed by atoms with E-state index in [1.54, 1.807) is 13.0 Å². The maximum atomic E-state index is 12.7. The number of carbonyl (C=O) groups is 1. The number of hydrogen-bond acceptors (Lipinski definition) is 3. The molecule has 2 aromatic heterocycles. The lowest BCUT2D eigenvalue weighted by molar-refractivity contribution is 0.102. The van der Waals surface area contributed by atoms with E-state index in [1.165, 1.54) is 18.2 Å². The summed E-state index contributed by atoms with van der Waals surface area (Å²) in [5, 5.41) is 2.48. The first-order valence-corrected chi connectivity index (χ1v) is 5.37. The van der Waals surface area contributed by atoms with Gasteiger partial charge in [-0.15, -0.1) is 0 Å². The van der Waals surface area contributed by atoms with E-state index in [0.29, 0.717) is 11.4 Å². The smallest absolute Gasteiger partial charge is 0.274 e. The molecule has 19 heavy (non-hydrogen) atoms. The third-order valence-electron chi connectivity index (χ3n) is 2.27. The molecular formula is C13H9FN4O. The van der Waals surface area contributed by atoms with Crippen molar-refractivity contribution in [2.24, 2.45) is 0 Å². The minimum atomic E-state index is -0.493. The first kappa shape index (κ1) is 12.6. The van der Waals surface area contributed by atoms with Crippen LogP contribution in [0.1, 0.15) is 16.2 Å². The zero-order chi connectivity index (χ0) is 13.8. The molecular weight excluding hydrogens is 247 g/mol. The molecule has 0 fully saturated rings. The fourth-order valence-electron chi connectivity index (χ4n) is 1.46. The zero-order valence-electron chi connectivity index (χ0n) is 10.0. The van der Waals surface area contributed by atoms with Gasteiger partial charge in [0.25, 0.3) is 5.91 Å². The predicted octanol–water partition coefficient (Wildman–Crippen LogP) is 2.73. The van der Waals surface area contributed by atoms with Gasteiger partial charge in [-0.25, -0.2) is 14.2 Å². The molecule has 0 spiro atoms. The van der Waals surface area contributed by atoms with Crippen LogP contribution in [0, 0.1) is 19.3 Å². The van der Waals surface area contributed by atoms with Gasteiger partial charge in [0, 0.05) is 5.69 Å². The van der Waals surface area contributed by atoms with Gasteiger partial charge < -0.3 is 5.32 Å². The summed E-state index contributed by atoms with van der Waals surface area (Å²) in [6.45, 7) is 8.63. The Balaban J connectivity index is 2.23.